The third-order valence-corrected chi connectivity index (χ3v) is 5.95. The van der Waals surface area contributed by atoms with Gasteiger partial charge in [-0.15, -0.1) is 0 Å². The summed E-state index contributed by atoms with van der Waals surface area (Å²) < 4.78 is 9.75. The number of carbonyl (C=O) groups excluding carboxylic acids is 2. The van der Waals surface area contributed by atoms with Gasteiger partial charge in [-0.25, -0.2) is 14.6 Å². The Bertz CT molecular complexity index is 1220. The van der Waals surface area contributed by atoms with E-state index in [-0.39, 0.29) is 11.9 Å². The summed E-state index contributed by atoms with van der Waals surface area (Å²) in [6, 6.07) is 27.0. The van der Waals surface area contributed by atoms with Crippen LogP contribution in [0.15, 0.2) is 102 Å². The monoisotopic (exact) mass is 672 g/mol. The summed E-state index contributed by atoms with van der Waals surface area (Å²) in [4.78, 5) is 30.6. The molecule has 2 aromatic heterocycles. The van der Waals surface area contributed by atoms with E-state index in [4.69, 9.17) is 4.74 Å². The van der Waals surface area contributed by atoms with Crippen LogP contribution in [0.3, 0.4) is 0 Å². The third-order valence-electron chi connectivity index (χ3n) is 4.67. The van der Waals surface area contributed by atoms with Crippen molar-refractivity contribution in [2.75, 3.05) is 14.2 Å². The van der Waals surface area contributed by atoms with Crippen molar-refractivity contribution in [3.63, 3.8) is 0 Å². The largest absolute Gasteiger partial charge is 0.465 e. The number of halogens is 2. The van der Waals surface area contributed by atoms with Gasteiger partial charge in [-0.05, 0) is 51.3 Å². The second-order valence-electron chi connectivity index (χ2n) is 7.10. The molecule has 6 nitrogen and oxygen atoms in total. The maximum Gasteiger partial charge on any atom is 0.340 e. The van der Waals surface area contributed by atoms with Gasteiger partial charge in [0.25, 0.3) is 0 Å². The lowest BCUT2D eigenvalue weighted by Crippen LogP contribution is -2.07. The molecule has 0 unspecified atom stereocenters. The number of ether oxygens (including phenoxy) is 2. The van der Waals surface area contributed by atoms with Gasteiger partial charge in [-0.1, -0.05) is 104 Å². The molecule has 0 aliphatic rings. The van der Waals surface area contributed by atoms with Crippen LogP contribution in [0.25, 0.3) is 0 Å². The fourth-order valence-electron chi connectivity index (χ4n) is 2.88. The number of benzene rings is 2. The van der Waals surface area contributed by atoms with Crippen molar-refractivity contribution in [3.8, 4) is 0 Å². The number of nitrogens with zero attached hydrogens (tertiary/aromatic N) is 2. The lowest BCUT2D eigenvalue weighted by atomic mass is 10.1. The Balaban J connectivity index is 0.000000571. The van der Waals surface area contributed by atoms with Crippen LogP contribution in [-0.2, 0) is 21.2 Å². The van der Waals surface area contributed by atoms with Crippen LogP contribution in [0.1, 0.15) is 65.2 Å². The van der Waals surface area contributed by atoms with Crippen molar-refractivity contribution in [1.82, 2.24) is 9.97 Å². The van der Waals surface area contributed by atoms with Gasteiger partial charge in [-0.3, -0.25) is 4.98 Å². The van der Waals surface area contributed by atoms with Gasteiger partial charge < -0.3 is 9.47 Å². The van der Waals surface area contributed by atoms with Gasteiger partial charge in [0.1, 0.15) is 4.60 Å². The molecule has 0 radical (unpaired) electrons. The minimum atomic E-state index is -0.384. The van der Waals surface area contributed by atoms with Crippen LogP contribution >= 0.6 is 31.9 Å². The minimum absolute atomic E-state index is 0.343. The van der Waals surface area contributed by atoms with Crippen LogP contribution < -0.4 is 0 Å². The first-order valence-corrected chi connectivity index (χ1v) is 14.8. The Labute approximate surface area is 255 Å². The fraction of sp³-hybridized carbons (Fsp3) is 0.250. The molecule has 0 fully saturated rings. The molecule has 40 heavy (non-hydrogen) atoms. The molecule has 0 bridgehead atoms. The summed E-state index contributed by atoms with van der Waals surface area (Å²) in [7, 11) is 2.71. The number of hydrogen-bond donors (Lipinski definition) is 0. The Kier molecular flexibility index (Phi) is 21.5. The standard InChI is InChI=1S/C14H13NO2.C7H6BrNO2.C7H7Br.2C2H6/c1-17-14(16)12-8-5-9-15-13(12)10-11-6-3-2-4-7-11;1-11-7(10)5-3-2-4-9-6(5)8;8-6-7-4-2-1-3-5-7;2*1-2/h2-9H,10H2,1H3;2-4H,1H3;1-5H,6H2;2*1-2H3. The van der Waals surface area contributed by atoms with E-state index in [1.54, 1.807) is 36.7 Å². The van der Waals surface area contributed by atoms with E-state index >= 15 is 0 Å². The van der Waals surface area contributed by atoms with E-state index in [2.05, 4.69) is 58.7 Å². The topological polar surface area (TPSA) is 78.4 Å². The van der Waals surface area contributed by atoms with Crippen LogP contribution in [0, 0.1) is 0 Å². The number of methoxy groups -OCH3 is 2. The van der Waals surface area contributed by atoms with Gasteiger partial charge in [-0.2, -0.15) is 0 Å². The zero-order valence-corrected chi connectivity index (χ0v) is 27.1. The molecule has 0 saturated heterocycles. The molecule has 2 aromatic carbocycles. The SMILES string of the molecule is BrCc1ccccc1.CC.CC.COC(=O)c1cccnc1Br.COC(=O)c1cccnc1Cc1ccccc1. The third kappa shape index (κ3) is 14.1. The van der Waals surface area contributed by atoms with Crippen LogP contribution in [0.4, 0.5) is 0 Å². The molecule has 0 saturated carbocycles. The van der Waals surface area contributed by atoms with Crippen LogP contribution in [0.2, 0.25) is 0 Å². The van der Waals surface area contributed by atoms with Gasteiger partial charge in [0.15, 0.2) is 0 Å². The highest BCUT2D eigenvalue weighted by atomic mass is 79.9. The molecule has 0 aliphatic heterocycles. The van der Waals surface area contributed by atoms with Crippen molar-refractivity contribution in [2.45, 2.75) is 39.4 Å². The van der Waals surface area contributed by atoms with Crippen molar-refractivity contribution >= 4 is 43.8 Å². The smallest absolute Gasteiger partial charge is 0.340 e. The molecule has 0 atom stereocenters. The molecule has 0 spiro atoms. The average Bonchev–Trinajstić information content (AvgIpc) is 3.04. The second kappa shape index (κ2) is 23.5. The van der Waals surface area contributed by atoms with Gasteiger partial charge in [0.05, 0.1) is 31.0 Å². The number of aromatic nitrogens is 2. The Hall–Kier alpha value is -3.36. The average molecular weight is 674 g/mol. The molecule has 0 aliphatic carbocycles. The zero-order chi connectivity index (χ0) is 30.2. The Morgan fingerprint density at radius 1 is 0.650 bits per heavy atom. The van der Waals surface area contributed by atoms with E-state index in [9.17, 15) is 9.59 Å². The highest BCUT2D eigenvalue weighted by molar-refractivity contribution is 9.10. The first-order chi connectivity index (χ1) is 19.5. The molecule has 214 valence electrons. The minimum Gasteiger partial charge on any atom is -0.465 e. The molecule has 0 N–H and O–H groups in total. The first kappa shape index (κ1) is 36.6. The lowest BCUT2D eigenvalue weighted by molar-refractivity contribution is 0.0590. The maximum absolute atomic E-state index is 11.6. The molecular weight excluding hydrogens is 636 g/mol. The number of hydrogen-bond acceptors (Lipinski definition) is 6. The van der Waals surface area contributed by atoms with E-state index in [1.807, 2.05) is 76.2 Å². The summed E-state index contributed by atoms with van der Waals surface area (Å²) in [5.74, 6) is -0.728. The quantitative estimate of drug-likeness (QED) is 0.120. The van der Waals surface area contributed by atoms with Gasteiger partial charge >= 0.3 is 11.9 Å². The summed E-state index contributed by atoms with van der Waals surface area (Å²) in [6.07, 6.45) is 3.91. The number of carbonyl (C=O) groups is 2. The number of esters is 2. The Morgan fingerprint density at radius 3 is 1.55 bits per heavy atom. The Morgan fingerprint density at radius 2 is 1.10 bits per heavy atom. The molecule has 2 heterocycles. The van der Waals surface area contributed by atoms with E-state index in [1.165, 1.54) is 19.8 Å². The van der Waals surface area contributed by atoms with Crippen molar-refractivity contribution < 1.29 is 19.1 Å². The number of alkyl halides is 1. The maximum atomic E-state index is 11.6. The summed E-state index contributed by atoms with van der Waals surface area (Å²) >= 11 is 6.48. The highest BCUT2D eigenvalue weighted by Gasteiger charge is 2.12. The fourth-order valence-corrected chi connectivity index (χ4v) is 3.67. The van der Waals surface area contributed by atoms with Crippen LogP contribution in [0.5, 0.6) is 0 Å². The molecule has 0 amide bonds. The predicted molar refractivity (Wildman–Crippen MR) is 170 cm³/mol. The summed E-state index contributed by atoms with van der Waals surface area (Å²) in [6.45, 7) is 8.00. The molecule has 4 aromatic rings. The molecule has 8 heteroatoms. The molecule has 4 rings (SSSR count). The normalized spacial score (nSPS) is 8.90. The van der Waals surface area contributed by atoms with Crippen molar-refractivity contribution in [3.05, 3.63) is 130 Å². The summed E-state index contributed by atoms with van der Waals surface area (Å²) in [5, 5.41) is 0.952. The van der Waals surface area contributed by atoms with E-state index < -0.39 is 0 Å². The lowest BCUT2D eigenvalue weighted by Gasteiger charge is -2.06. The van der Waals surface area contributed by atoms with Gasteiger partial charge in [0, 0.05) is 24.1 Å². The highest BCUT2D eigenvalue weighted by Crippen LogP contribution is 2.13. The van der Waals surface area contributed by atoms with Gasteiger partial charge in [0.2, 0.25) is 0 Å². The molecular formula is C32H38Br2N2O4. The number of rotatable bonds is 5. The number of pyridine rings is 2. The summed E-state index contributed by atoms with van der Waals surface area (Å²) in [5.41, 5.74) is 4.16. The van der Waals surface area contributed by atoms with Crippen molar-refractivity contribution in [1.29, 1.82) is 0 Å². The van der Waals surface area contributed by atoms with E-state index in [0.717, 1.165) is 16.6 Å². The zero-order valence-electron chi connectivity index (χ0n) is 23.9. The predicted octanol–water partition coefficient (Wildman–Crippen LogP) is 8.72. The van der Waals surface area contributed by atoms with E-state index in [0.29, 0.717) is 22.2 Å². The first-order valence-electron chi connectivity index (χ1n) is 12.8. The van der Waals surface area contributed by atoms with Crippen molar-refractivity contribution in [2.24, 2.45) is 0 Å². The second-order valence-corrected chi connectivity index (χ2v) is 8.42. The van der Waals surface area contributed by atoms with Crippen LogP contribution in [-0.4, -0.2) is 36.1 Å².